The average Bonchev–Trinajstić information content (AvgIpc) is 3.07. The summed E-state index contributed by atoms with van der Waals surface area (Å²) in [6.45, 7) is 0.809. The van der Waals surface area contributed by atoms with Gasteiger partial charge in [-0.3, -0.25) is 4.79 Å². The smallest absolute Gasteiger partial charge is 0.177 e. The largest absolute Gasteiger partial charge is 0.504 e. The Labute approximate surface area is 174 Å². The van der Waals surface area contributed by atoms with Crippen LogP contribution in [0, 0.1) is 5.92 Å². The molecule has 2 N–H and O–H groups in total. The number of likely N-dealkylation sites (N-methyl/N-ethyl adjacent to an activating group) is 1. The van der Waals surface area contributed by atoms with Crippen molar-refractivity contribution in [3.05, 3.63) is 46.4 Å². The van der Waals surface area contributed by atoms with Crippen LogP contribution in [0.3, 0.4) is 0 Å². The Kier molecular flexibility index (Phi) is 3.67. The predicted molar refractivity (Wildman–Crippen MR) is 111 cm³/mol. The lowest BCUT2D eigenvalue weighted by Crippen LogP contribution is -2.77. The van der Waals surface area contributed by atoms with Crippen molar-refractivity contribution in [3.8, 4) is 11.5 Å². The maximum absolute atomic E-state index is 13.7. The monoisotopic (exact) mass is 411 g/mol. The number of aliphatic hydroxyl groups is 1. The lowest BCUT2D eigenvalue weighted by molar-refractivity contribution is -0.194. The molecular formula is C23H25NO4S. The predicted octanol–water partition coefficient (Wildman–Crippen LogP) is 2.55. The number of benzene rings is 1. The lowest BCUT2D eigenvalue weighted by atomic mass is 9.47. The Morgan fingerprint density at radius 3 is 3.03 bits per heavy atom. The minimum absolute atomic E-state index is 0.0498. The van der Waals surface area contributed by atoms with Crippen LogP contribution in [0.15, 0.2) is 35.3 Å². The number of ether oxygens (including phenoxy) is 1. The normalized spacial score (nSPS) is 39.7. The van der Waals surface area contributed by atoms with Crippen LogP contribution in [0.25, 0.3) is 0 Å². The number of likely N-dealkylation sites (tertiary alicyclic amines) is 1. The molecule has 5 nitrogen and oxygen atoms in total. The van der Waals surface area contributed by atoms with Crippen LogP contribution in [0.1, 0.15) is 30.4 Å². The molecule has 0 radical (unpaired) electrons. The molecule has 2 bridgehead atoms. The summed E-state index contributed by atoms with van der Waals surface area (Å²) in [5.74, 6) is 1.26. The van der Waals surface area contributed by atoms with Gasteiger partial charge < -0.3 is 19.8 Å². The summed E-state index contributed by atoms with van der Waals surface area (Å²) in [5, 5.41) is 24.9. The highest BCUT2D eigenvalue weighted by Gasteiger charge is 2.74. The summed E-state index contributed by atoms with van der Waals surface area (Å²) in [6, 6.07) is 3.56. The van der Waals surface area contributed by atoms with Crippen LogP contribution in [0.4, 0.5) is 0 Å². The third-order valence-corrected chi connectivity index (χ3v) is 8.79. The number of nitrogens with zero attached hydrogens (tertiary/aromatic N) is 1. The molecule has 1 spiro atoms. The van der Waals surface area contributed by atoms with Gasteiger partial charge >= 0.3 is 0 Å². The molecule has 5 atom stereocenters. The van der Waals surface area contributed by atoms with Gasteiger partial charge in [0.05, 0.1) is 11.0 Å². The van der Waals surface area contributed by atoms with E-state index in [1.54, 1.807) is 17.8 Å². The van der Waals surface area contributed by atoms with Crippen molar-refractivity contribution in [2.75, 3.05) is 19.3 Å². The number of hydrogen-bond acceptors (Lipinski definition) is 6. The summed E-state index contributed by atoms with van der Waals surface area (Å²) >= 11 is 1.74. The van der Waals surface area contributed by atoms with E-state index in [1.807, 2.05) is 6.07 Å². The molecule has 1 saturated heterocycles. The molecule has 29 heavy (non-hydrogen) atoms. The number of piperidine rings is 1. The van der Waals surface area contributed by atoms with Crippen molar-refractivity contribution < 1.29 is 19.7 Å². The quantitative estimate of drug-likeness (QED) is 0.780. The third-order valence-electron chi connectivity index (χ3n) is 7.94. The van der Waals surface area contributed by atoms with E-state index in [4.69, 9.17) is 4.74 Å². The fourth-order valence-electron chi connectivity index (χ4n) is 6.69. The molecule has 5 aliphatic rings. The number of aromatic hydroxyl groups is 1. The number of carbonyl (C=O) groups is 1. The lowest BCUT2D eigenvalue weighted by Gasteiger charge is -2.63. The number of ketones is 1. The van der Waals surface area contributed by atoms with E-state index in [2.05, 4.69) is 29.5 Å². The molecule has 1 aromatic carbocycles. The van der Waals surface area contributed by atoms with Crippen molar-refractivity contribution in [1.82, 2.24) is 4.90 Å². The fraction of sp³-hybridized carbons (Fsp3) is 0.522. The number of rotatable bonds is 2. The Balaban J connectivity index is 1.51. The molecular weight excluding hydrogens is 386 g/mol. The maximum Gasteiger partial charge on any atom is 0.177 e. The number of phenolic OH excluding ortho intramolecular Hbond substituents is 1. The molecule has 2 aliphatic carbocycles. The first kappa shape index (κ1) is 18.0. The number of Topliss-reactive ketones (excluding diaryl/α,β-unsaturated/α-hetero) is 1. The average molecular weight is 412 g/mol. The molecule has 3 aliphatic heterocycles. The summed E-state index contributed by atoms with van der Waals surface area (Å²) in [7, 11) is 2.07. The molecule has 0 amide bonds. The minimum atomic E-state index is -1.04. The fourth-order valence-corrected chi connectivity index (χ4v) is 7.38. The van der Waals surface area contributed by atoms with E-state index in [-0.39, 0.29) is 23.5 Å². The first-order valence-corrected chi connectivity index (χ1v) is 11.5. The Morgan fingerprint density at radius 2 is 2.24 bits per heavy atom. The van der Waals surface area contributed by atoms with Crippen molar-refractivity contribution in [2.24, 2.45) is 5.92 Å². The third kappa shape index (κ3) is 2.12. The molecule has 1 saturated carbocycles. The summed E-state index contributed by atoms with van der Waals surface area (Å²) in [4.78, 5) is 15.9. The van der Waals surface area contributed by atoms with Gasteiger partial charge in [-0.05, 0) is 61.9 Å². The Morgan fingerprint density at radius 1 is 1.38 bits per heavy atom. The minimum Gasteiger partial charge on any atom is -0.504 e. The van der Waals surface area contributed by atoms with Crippen molar-refractivity contribution >= 4 is 17.5 Å². The Hall–Kier alpha value is -1.76. The van der Waals surface area contributed by atoms with Gasteiger partial charge in [-0.15, -0.1) is 11.8 Å². The van der Waals surface area contributed by atoms with E-state index < -0.39 is 17.1 Å². The summed E-state index contributed by atoms with van der Waals surface area (Å²) in [5.41, 5.74) is 1.36. The molecule has 3 heterocycles. The second-order valence-corrected chi connectivity index (χ2v) is 10.1. The molecule has 152 valence electrons. The molecule has 1 aromatic rings. The topological polar surface area (TPSA) is 70.0 Å². The van der Waals surface area contributed by atoms with Gasteiger partial charge in [-0.25, -0.2) is 0 Å². The highest BCUT2D eigenvalue weighted by Crippen LogP contribution is 2.65. The van der Waals surface area contributed by atoms with Crippen molar-refractivity contribution in [3.63, 3.8) is 0 Å². The first-order valence-electron chi connectivity index (χ1n) is 10.4. The molecule has 6 rings (SSSR count). The van der Waals surface area contributed by atoms with Gasteiger partial charge in [0.1, 0.15) is 0 Å². The number of hydrogen-bond donors (Lipinski definition) is 2. The SMILES string of the molecule is CN1CC[C@]23c4c5ccc(O)c4O[C@H]2C(=O)[C@@H](CC2=CSCC=C2)C[C@@]3(O)[C@H]1C5. The van der Waals surface area contributed by atoms with Crippen LogP contribution < -0.4 is 4.74 Å². The van der Waals surface area contributed by atoms with Crippen LogP contribution >= 0.6 is 11.8 Å². The summed E-state index contributed by atoms with van der Waals surface area (Å²) in [6.07, 6.45) is 5.97. The second-order valence-electron chi connectivity index (χ2n) is 9.23. The highest BCUT2D eigenvalue weighted by atomic mass is 32.2. The maximum atomic E-state index is 13.7. The van der Waals surface area contributed by atoms with E-state index >= 15 is 0 Å². The molecule has 0 unspecified atom stereocenters. The van der Waals surface area contributed by atoms with Crippen LogP contribution in [0.5, 0.6) is 11.5 Å². The van der Waals surface area contributed by atoms with Crippen LogP contribution in [0.2, 0.25) is 0 Å². The highest BCUT2D eigenvalue weighted by molar-refractivity contribution is 8.02. The Bertz CT molecular complexity index is 987. The first-order chi connectivity index (χ1) is 14.0. The second kappa shape index (κ2) is 5.90. The van der Waals surface area contributed by atoms with E-state index in [0.29, 0.717) is 31.4 Å². The number of carbonyl (C=O) groups excluding carboxylic acids is 1. The number of thioether (sulfide) groups is 1. The van der Waals surface area contributed by atoms with Crippen LogP contribution in [-0.2, 0) is 16.6 Å². The van der Waals surface area contributed by atoms with Gasteiger partial charge in [0.25, 0.3) is 0 Å². The molecule has 2 fully saturated rings. The van der Waals surface area contributed by atoms with Crippen molar-refractivity contribution in [2.45, 2.75) is 48.8 Å². The van der Waals surface area contributed by atoms with Crippen LogP contribution in [-0.4, -0.2) is 58.0 Å². The van der Waals surface area contributed by atoms with Gasteiger partial charge in [0.15, 0.2) is 23.4 Å². The van der Waals surface area contributed by atoms with Gasteiger partial charge in [0, 0.05) is 23.3 Å². The standard InChI is InChI=1S/C23H25NO4S/c1-24-7-6-22-18-14-4-5-16(25)20(18)28-21(22)19(26)15(9-13-3-2-8-29-12-13)11-23(22,27)17(24)10-14/h2-5,12,15,17,21,25,27H,6-11H2,1H3/t15-,17+,21-,22-,23+/m0/s1. The van der Waals surface area contributed by atoms with Crippen molar-refractivity contribution in [1.29, 1.82) is 0 Å². The summed E-state index contributed by atoms with van der Waals surface area (Å²) < 4.78 is 6.22. The zero-order valence-corrected chi connectivity index (χ0v) is 17.2. The van der Waals surface area contributed by atoms with Gasteiger partial charge in [-0.1, -0.05) is 18.2 Å². The molecule has 0 aromatic heterocycles. The number of phenols is 1. The molecule has 6 heteroatoms. The zero-order valence-electron chi connectivity index (χ0n) is 16.4. The van der Waals surface area contributed by atoms with Gasteiger partial charge in [-0.2, -0.15) is 0 Å². The van der Waals surface area contributed by atoms with Gasteiger partial charge in [0.2, 0.25) is 0 Å². The van der Waals surface area contributed by atoms with E-state index in [0.717, 1.165) is 29.0 Å². The zero-order chi connectivity index (χ0) is 20.0. The number of allylic oxidation sites excluding steroid dienone is 2. The van der Waals surface area contributed by atoms with E-state index in [1.165, 1.54) is 0 Å². The van der Waals surface area contributed by atoms with E-state index in [9.17, 15) is 15.0 Å².